The van der Waals surface area contributed by atoms with Crippen LogP contribution in [-0.4, -0.2) is 139 Å². The Labute approximate surface area is 426 Å². The van der Waals surface area contributed by atoms with Crippen molar-refractivity contribution in [2.75, 3.05) is 20.8 Å². The van der Waals surface area contributed by atoms with Crippen molar-refractivity contribution in [1.82, 2.24) is 14.8 Å². The van der Waals surface area contributed by atoms with Gasteiger partial charge in [0.25, 0.3) is 11.7 Å². The fourth-order valence-electron chi connectivity index (χ4n) is 10.8. The summed E-state index contributed by atoms with van der Waals surface area (Å²) in [6, 6.07) is -2.68. The number of aliphatic hydroxyl groups is 3. The normalized spacial score (nSPS) is 37.8. The molecule has 1 amide bonds. The number of nitrogens with one attached hydrogen (secondary N) is 1. The molecule has 3 aliphatic heterocycles. The highest BCUT2D eigenvalue weighted by molar-refractivity contribution is 7.89. The predicted octanol–water partition coefficient (Wildman–Crippen LogP) is 5.32. The summed E-state index contributed by atoms with van der Waals surface area (Å²) in [6.07, 6.45) is 12.4. The van der Waals surface area contributed by atoms with Gasteiger partial charge in [-0.05, 0) is 128 Å². The van der Waals surface area contributed by atoms with Crippen LogP contribution in [0.2, 0.25) is 0 Å². The summed E-state index contributed by atoms with van der Waals surface area (Å²) >= 11 is 0. The Bertz CT molecular complexity index is 2240. The number of ether oxygens (including phenoxy) is 4. The van der Waals surface area contributed by atoms with Gasteiger partial charge in [0.2, 0.25) is 15.8 Å². The van der Waals surface area contributed by atoms with Crippen molar-refractivity contribution in [3.63, 3.8) is 0 Å². The van der Waals surface area contributed by atoms with Crippen molar-refractivity contribution in [2.24, 2.45) is 35.3 Å². The molecule has 19 heteroatoms. The lowest BCUT2D eigenvalue weighted by molar-refractivity contribution is -0.264. The van der Waals surface area contributed by atoms with Crippen molar-refractivity contribution in [3.05, 3.63) is 59.6 Å². The third-order valence-corrected chi connectivity index (χ3v) is 17.0. The molecule has 1 aliphatic carbocycles. The number of allylic oxidation sites excluding steroid dienone is 5. The molecule has 1 saturated carbocycles. The largest absolute Gasteiger partial charge is 0.461 e. The van der Waals surface area contributed by atoms with E-state index in [1.807, 2.05) is 26.0 Å². The first-order valence-electron chi connectivity index (χ1n) is 25.8. The number of Topliss-reactive ketones (excluding diaryl/α,β-unsaturated/α-hetero) is 2. The molecule has 15 atom stereocenters. The second-order valence-electron chi connectivity index (χ2n) is 21.1. The van der Waals surface area contributed by atoms with Gasteiger partial charge in [0.15, 0.2) is 11.5 Å². The Morgan fingerprint density at radius 3 is 2.33 bits per heavy atom. The third-order valence-electron chi connectivity index (χ3n) is 15.4. The van der Waals surface area contributed by atoms with E-state index < -0.39 is 94.0 Å². The average molecular weight is 1030 g/mol. The average Bonchev–Trinajstić information content (AvgIpc) is 3.80. The number of hydrogen-bond acceptors (Lipinski definition) is 16. The fourth-order valence-corrected chi connectivity index (χ4v) is 12.2. The Morgan fingerprint density at radius 1 is 0.917 bits per heavy atom. The van der Waals surface area contributed by atoms with Crippen LogP contribution in [-0.2, 0) is 48.1 Å². The van der Waals surface area contributed by atoms with E-state index in [1.165, 1.54) is 18.9 Å². The molecule has 4 aliphatic rings. The Kier molecular flexibility index (Phi) is 21.7. The molecule has 4 heterocycles. The molecule has 6 N–H and O–H groups in total. The molecular weight excluding hydrogens is 949 g/mol. The van der Waals surface area contributed by atoms with E-state index in [2.05, 4.69) is 9.88 Å². The van der Waals surface area contributed by atoms with E-state index in [0.29, 0.717) is 68.9 Å². The Morgan fingerprint density at radius 2 is 1.65 bits per heavy atom. The van der Waals surface area contributed by atoms with Crippen LogP contribution < -0.4 is 10.5 Å². The van der Waals surface area contributed by atoms with Gasteiger partial charge in [0, 0.05) is 44.7 Å². The summed E-state index contributed by atoms with van der Waals surface area (Å²) in [6.45, 7) is 12.3. The SMILES string of the molecule is COC1CC(C[C@@H](C)[C@@H]2CC[C@H](N)/C=C(\C)C(O)[C@@H](OC)C(=O)C(C)C[C@H](C)/C=C/C=C/C=C(\C)[C@H](NS(=O)(=O)c3cnoc3C)CC3CCC(C)C(O)(O3)C(=O)C(=O)N3CCCCC3C(=O)O2)CC[C@H]1O. The van der Waals surface area contributed by atoms with Crippen LogP contribution in [0.3, 0.4) is 0 Å². The van der Waals surface area contributed by atoms with Gasteiger partial charge in [0.05, 0.1) is 24.5 Å². The van der Waals surface area contributed by atoms with Gasteiger partial charge in [-0.2, -0.15) is 0 Å². The van der Waals surface area contributed by atoms with Crippen LogP contribution in [0.1, 0.15) is 131 Å². The van der Waals surface area contributed by atoms with Gasteiger partial charge in [0.1, 0.15) is 29.2 Å². The number of hydrogen-bond donors (Lipinski definition) is 5. The summed E-state index contributed by atoms with van der Waals surface area (Å²) in [7, 11) is -1.25. The highest BCUT2D eigenvalue weighted by Crippen LogP contribution is 2.38. The van der Waals surface area contributed by atoms with E-state index in [9.17, 15) is 42.9 Å². The standard InChI is InChI=1S/C53H82N4O14S/c1-31-15-11-10-12-16-32(2)41(56-72(65,66)46-30-55-71-37(46)7)29-40-21-18-36(6)53(64,70-40)50(61)51(62)57-24-14-13-17-42(57)52(63)69-44(33(3)26-38-19-22-43(58)45(28-38)67-8)23-20-39(54)27-35(5)48(60)49(68-9)47(59)34(4)25-31/h10-12,15-16,27,30-31,33-34,36,38-45,48-49,56,58,60,64H,13-14,17-26,28-29,54H2,1-9H3/b12-10+,15-11+,32-16+,35-27+/t31-,33-,34?,36?,38?,39+,40?,41-,42?,43-,44+,45?,48?,49+,53?/m1/s1. The van der Waals surface area contributed by atoms with Crippen LogP contribution in [0.5, 0.6) is 0 Å². The zero-order chi connectivity index (χ0) is 53.1. The number of sulfonamides is 1. The minimum absolute atomic E-state index is 0.0311. The highest BCUT2D eigenvalue weighted by atomic mass is 32.2. The summed E-state index contributed by atoms with van der Waals surface area (Å²) in [5.74, 6) is -7.20. The Balaban J connectivity index is 1.50. The van der Waals surface area contributed by atoms with Gasteiger partial charge in [-0.25, -0.2) is 17.9 Å². The molecule has 1 aromatic heterocycles. The number of cyclic esters (lactones) is 1. The molecule has 404 valence electrons. The van der Waals surface area contributed by atoms with Crippen molar-refractivity contribution in [1.29, 1.82) is 0 Å². The van der Waals surface area contributed by atoms with Gasteiger partial charge >= 0.3 is 5.97 Å². The molecule has 72 heavy (non-hydrogen) atoms. The lowest BCUT2D eigenvalue weighted by Crippen LogP contribution is -2.61. The number of aromatic nitrogens is 1. The van der Waals surface area contributed by atoms with Gasteiger partial charge in [-0.3, -0.25) is 14.4 Å². The lowest BCUT2D eigenvalue weighted by atomic mass is 9.78. The first-order chi connectivity index (χ1) is 34.0. The fraction of sp³-hybridized carbons (Fsp3) is 0.717. The lowest BCUT2D eigenvalue weighted by Gasteiger charge is -2.43. The molecule has 5 rings (SSSR count). The molecule has 8 unspecified atom stereocenters. The van der Waals surface area contributed by atoms with E-state index in [1.54, 1.807) is 59.1 Å². The quantitative estimate of drug-likeness (QED) is 0.125. The summed E-state index contributed by atoms with van der Waals surface area (Å²) in [4.78, 5) is 58.1. The monoisotopic (exact) mass is 1030 g/mol. The van der Waals surface area contributed by atoms with E-state index in [4.69, 9.17) is 29.2 Å². The second kappa shape index (κ2) is 26.5. The van der Waals surface area contributed by atoms with Crippen LogP contribution in [0.4, 0.5) is 0 Å². The maximum atomic E-state index is 14.5. The molecule has 0 spiro atoms. The number of piperidine rings is 1. The van der Waals surface area contributed by atoms with Gasteiger partial charge in [-0.15, -0.1) is 0 Å². The topological polar surface area (TPSA) is 267 Å². The first-order valence-corrected chi connectivity index (χ1v) is 27.3. The molecule has 3 fully saturated rings. The Hall–Kier alpha value is -3.92. The smallest absolute Gasteiger partial charge is 0.329 e. The van der Waals surface area contributed by atoms with Gasteiger partial charge < -0.3 is 49.4 Å². The van der Waals surface area contributed by atoms with Crippen LogP contribution >= 0.6 is 0 Å². The minimum Gasteiger partial charge on any atom is -0.461 e. The maximum Gasteiger partial charge on any atom is 0.329 e. The number of methoxy groups -OCH3 is 2. The van der Waals surface area contributed by atoms with E-state index in [-0.39, 0.29) is 66.1 Å². The van der Waals surface area contributed by atoms with Gasteiger partial charge in [-0.1, -0.05) is 74.9 Å². The molecule has 1 aromatic rings. The zero-order valence-corrected chi connectivity index (χ0v) is 44.6. The summed E-state index contributed by atoms with van der Waals surface area (Å²) in [5.41, 5.74) is 7.70. The maximum absolute atomic E-state index is 14.5. The number of fused-ring (bicyclic) bond motifs is 3. The van der Waals surface area contributed by atoms with E-state index >= 15 is 0 Å². The van der Waals surface area contributed by atoms with Crippen LogP contribution in [0.15, 0.2) is 63.2 Å². The predicted molar refractivity (Wildman–Crippen MR) is 268 cm³/mol. The zero-order valence-electron chi connectivity index (χ0n) is 43.7. The van der Waals surface area contributed by atoms with Crippen LogP contribution in [0, 0.1) is 36.5 Å². The number of nitrogens with two attached hydrogens (primary N) is 1. The molecule has 2 bridgehead atoms. The molecule has 0 radical (unpaired) electrons. The number of nitrogens with zero attached hydrogens (tertiary/aromatic N) is 2. The molecule has 0 aromatic carbocycles. The number of carbonyl (C=O) groups excluding carboxylic acids is 4. The van der Waals surface area contributed by atoms with Crippen molar-refractivity contribution >= 4 is 33.5 Å². The molecular formula is C53H82N4O14S. The highest BCUT2D eigenvalue weighted by Gasteiger charge is 2.53. The number of aliphatic hydroxyl groups excluding tert-OH is 2. The number of carbonyl (C=O) groups is 4. The number of aryl methyl sites for hydroxylation is 1. The van der Waals surface area contributed by atoms with Crippen LogP contribution in [0.25, 0.3) is 0 Å². The number of amides is 1. The minimum atomic E-state index is -4.21. The number of rotatable bonds is 8. The van der Waals surface area contributed by atoms with E-state index in [0.717, 1.165) is 12.6 Å². The summed E-state index contributed by atoms with van der Waals surface area (Å²) < 4.78 is 59.0. The third kappa shape index (κ3) is 15.1. The number of ketones is 2. The second-order valence-corrected chi connectivity index (χ2v) is 22.8. The first kappa shape index (κ1) is 59.0. The van der Waals surface area contributed by atoms with Crippen molar-refractivity contribution in [3.8, 4) is 0 Å². The van der Waals surface area contributed by atoms with Crippen molar-refractivity contribution in [2.45, 2.75) is 197 Å². The molecule has 18 nitrogen and oxygen atoms in total. The summed E-state index contributed by atoms with van der Waals surface area (Å²) in [5, 5.41) is 37.8. The molecule has 2 saturated heterocycles. The number of esters is 1. The van der Waals surface area contributed by atoms with Crippen molar-refractivity contribution < 1.29 is 66.4 Å².